The van der Waals surface area contributed by atoms with Gasteiger partial charge in [0, 0.05) is 17.1 Å². The number of aliphatic imine (C=N–C) groups is 2. The average molecular weight is 454 g/mol. The first-order valence-electron chi connectivity index (χ1n) is 8.47. The van der Waals surface area contributed by atoms with Crippen LogP contribution in [0.4, 0.5) is 13.2 Å². The molecular formula is C19H15ClF3N5OS. The Hall–Kier alpha value is -2.98. The number of halogens is 4. The number of hydrogen-bond donors (Lipinski definition) is 1. The molecule has 2 N–H and O–H groups in total. The van der Waals surface area contributed by atoms with Crippen molar-refractivity contribution in [1.82, 2.24) is 9.97 Å². The van der Waals surface area contributed by atoms with E-state index in [1.165, 1.54) is 35.6 Å². The summed E-state index contributed by atoms with van der Waals surface area (Å²) in [6.45, 7) is 2.09. The van der Waals surface area contributed by atoms with Gasteiger partial charge in [-0.25, -0.2) is 15.0 Å². The van der Waals surface area contributed by atoms with Crippen LogP contribution in [0.1, 0.15) is 17.5 Å². The fourth-order valence-corrected chi connectivity index (χ4v) is 3.28. The van der Waals surface area contributed by atoms with Gasteiger partial charge in [0.1, 0.15) is 16.7 Å². The van der Waals surface area contributed by atoms with Crippen LogP contribution in [0.2, 0.25) is 5.15 Å². The van der Waals surface area contributed by atoms with E-state index in [2.05, 4.69) is 24.7 Å². The van der Waals surface area contributed by atoms with Crippen molar-refractivity contribution < 1.29 is 17.9 Å². The SMILES string of the molecule is CC(=NCc1ccnc(Cl)c1)N=C(N)c1nc(-c2ccc(OC(F)(F)F)cc2)cs1. The zero-order valence-corrected chi connectivity index (χ0v) is 17.1. The summed E-state index contributed by atoms with van der Waals surface area (Å²) in [5.41, 5.74) is 8.09. The number of hydrogen-bond acceptors (Lipinski definition) is 5. The minimum Gasteiger partial charge on any atom is -0.406 e. The van der Waals surface area contributed by atoms with Gasteiger partial charge in [0.25, 0.3) is 0 Å². The molecule has 2 heterocycles. The number of aromatic nitrogens is 2. The predicted molar refractivity (Wildman–Crippen MR) is 111 cm³/mol. The number of amidine groups is 2. The van der Waals surface area contributed by atoms with Crippen LogP contribution in [0.3, 0.4) is 0 Å². The van der Waals surface area contributed by atoms with Crippen molar-refractivity contribution in [2.75, 3.05) is 0 Å². The largest absolute Gasteiger partial charge is 0.573 e. The molecule has 30 heavy (non-hydrogen) atoms. The summed E-state index contributed by atoms with van der Waals surface area (Å²) in [5.74, 6) is 0.355. The third kappa shape index (κ3) is 6.26. The second-order valence-corrected chi connectivity index (χ2v) is 7.20. The van der Waals surface area contributed by atoms with Crippen LogP contribution in [0, 0.1) is 0 Å². The molecule has 0 saturated carbocycles. The number of nitrogens with zero attached hydrogens (tertiary/aromatic N) is 4. The highest BCUT2D eigenvalue weighted by Gasteiger charge is 2.31. The lowest BCUT2D eigenvalue weighted by Gasteiger charge is -2.08. The number of nitrogens with two attached hydrogens (primary N) is 1. The van der Waals surface area contributed by atoms with Crippen molar-refractivity contribution in [2.24, 2.45) is 15.7 Å². The maximum Gasteiger partial charge on any atom is 0.573 e. The van der Waals surface area contributed by atoms with E-state index in [-0.39, 0.29) is 11.6 Å². The van der Waals surface area contributed by atoms with Crippen molar-refractivity contribution in [2.45, 2.75) is 19.8 Å². The van der Waals surface area contributed by atoms with E-state index in [4.69, 9.17) is 17.3 Å². The van der Waals surface area contributed by atoms with Crippen LogP contribution < -0.4 is 10.5 Å². The molecule has 0 bridgehead atoms. The topological polar surface area (TPSA) is 85.8 Å². The highest BCUT2D eigenvalue weighted by atomic mass is 35.5. The van der Waals surface area contributed by atoms with Crippen LogP contribution in [-0.4, -0.2) is 28.0 Å². The first kappa shape index (κ1) is 21.7. The molecule has 6 nitrogen and oxygen atoms in total. The Kier molecular flexibility index (Phi) is 6.68. The number of thiazole rings is 1. The van der Waals surface area contributed by atoms with Gasteiger partial charge in [-0.1, -0.05) is 11.6 Å². The Bertz CT molecular complexity index is 1080. The van der Waals surface area contributed by atoms with E-state index in [1.807, 2.05) is 0 Å². The first-order chi connectivity index (χ1) is 14.2. The number of rotatable bonds is 5. The highest BCUT2D eigenvalue weighted by molar-refractivity contribution is 7.12. The Balaban J connectivity index is 1.69. The normalized spacial score (nSPS) is 12.8. The van der Waals surface area contributed by atoms with Gasteiger partial charge >= 0.3 is 6.36 Å². The average Bonchev–Trinajstić information content (AvgIpc) is 3.16. The van der Waals surface area contributed by atoms with Crippen LogP contribution in [0.5, 0.6) is 5.75 Å². The van der Waals surface area contributed by atoms with Crippen LogP contribution in [-0.2, 0) is 6.54 Å². The third-order valence-electron chi connectivity index (χ3n) is 3.67. The van der Waals surface area contributed by atoms with Crippen molar-refractivity contribution in [3.63, 3.8) is 0 Å². The fraction of sp³-hybridized carbons (Fsp3) is 0.158. The van der Waals surface area contributed by atoms with E-state index < -0.39 is 6.36 Å². The van der Waals surface area contributed by atoms with Gasteiger partial charge in [0.2, 0.25) is 0 Å². The van der Waals surface area contributed by atoms with E-state index in [0.29, 0.717) is 33.8 Å². The molecule has 0 saturated heterocycles. The third-order valence-corrected chi connectivity index (χ3v) is 4.74. The van der Waals surface area contributed by atoms with E-state index in [9.17, 15) is 13.2 Å². The minimum atomic E-state index is -4.73. The number of pyridine rings is 1. The summed E-state index contributed by atoms with van der Waals surface area (Å²) < 4.78 is 40.6. The lowest BCUT2D eigenvalue weighted by atomic mass is 10.2. The second kappa shape index (κ2) is 9.23. The van der Waals surface area contributed by atoms with E-state index >= 15 is 0 Å². The maximum absolute atomic E-state index is 12.3. The molecule has 3 aromatic rings. The molecule has 1 aromatic carbocycles. The molecule has 11 heteroatoms. The molecule has 0 aliphatic carbocycles. The number of benzene rings is 1. The summed E-state index contributed by atoms with van der Waals surface area (Å²) in [7, 11) is 0. The van der Waals surface area contributed by atoms with Crippen molar-refractivity contribution in [1.29, 1.82) is 0 Å². The molecule has 0 amide bonds. The number of ether oxygens (including phenoxy) is 1. The van der Waals surface area contributed by atoms with Gasteiger partial charge in [-0.2, -0.15) is 0 Å². The Morgan fingerprint density at radius 3 is 2.63 bits per heavy atom. The molecule has 0 atom stereocenters. The van der Waals surface area contributed by atoms with Crippen molar-refractivity contribution in [3.05, 3.63) is 63.7 Å². The van der Waals surface area contributed by atoms with Gasteiger partial charge in [0.15, 0.2) is 10.8 Å². The van der Waals surface area contributed by atoms with E-state index in [1.54, 1.807) is 30.6 Å². The Morgan fingerprint density at radius 1 is 1.23 bits per heavy atom. The van der Waals surface area contributed by atoms with Crippen LogP contribution >= 0.6 is 22.9 Å². The summed E-state index contributed by atoms with van der Waals surface area (Å²) >= 11 is 7.11. The molecule has 0 spiro atoms. The summed E-state index contributed by atoms with van der Waals surface area (Å²) in [4.78, 5) is 16.9. The summed E-state index contributed by atoms with van der Waals surface area (Å²) in [6, 6.07) is 8.93. The van der Waals surface area contributed by atoms with Gasteiger partial charge in [-0.3, -0.25) is 4.99 Å². The highest BCUT2D eigenvalue weighted by Crippen LogP contribution is 2.27. The molecule has 2 aromatic heterocycles. The number of alkyl halides is 3. The fourth-order valence-electron chi connectivity index (χ4n) is 2.36. The molecule has 3 rings (SSSR count). The van der Waals surface area contributed by atoms with E-state index in [0.717, 1.165) is 5.56 Å². The first-order valence-corrected chi connectivity index (χ1v) is 9.73. The van der Waals surface area contributed by atoms with Crippen molar-refractivity contribution in [3.8, 4) is 17.0 Å². The molecule has 0 fully saturated rings. The summed E-state index contributed by atoms with van der Waals surface area (Å²) in [5, 5.41) is 2.60. The standard InChI is InChI=1S/C19H15ClF3N5OS/c1-11(26-9-12-6-7-25-16(20)8-12)27-17(24)18-28-15(10-30-18)13-2-4-14(5-3-13)29-19(21,22)23/h2-8,10H,9H2,1H3,(H2,24,26,27). The molecule has 0 aliphatic heterocycles. The predicted octanol–water partition coefficient (Wildman–Crippen LogP) is 5.08. The maximum atomic E-state index is 12.3. The molecule has 0 aliphatic rings. The van der Waals surface area contributed by atoms with Gasteiger partial charge in [-0.05, 0) is 48.9 Å². The monoisotopic (exact) mass is 453 g/mol. The zero-order valence-electron chi connectivity index (χ0n) is 15.5. The second-order valence-electron chi connectivity index (χ2n) is 5.96. The lowest BCUT2D eigenvalue weighted by Crippen LogP contribution is -2.16. The summed E-state index contributed by atoms with van der Waals surface area (Å²) in [6.07, 6.45) is -3.14. The molecule has 156 valence electrons. The lowest BCUT2D eigenvalue weighted by molar-refractivity contribution is -0.274. The Morgan fingerprint density at radius 2 is 1.97 bits per heavy atom. The minimum absolute atomic E-state index is 0.192. The Labute approximate surface area is 178 Å². The quantitative estimate of drug-likeness (QED) is 0.331. The molecule has 0 radical (unpaired) electrons. The van der Waals surface area contributed by atoms with Crippen molar-refractivity contribution >= 4 is 34.6 Å². The van der Waals surface area contributed by atoms with Crippen LogP contribution in [0.25, 0.3) is 11.3 Å². The van der Waals surface area contributed by atoms with Gasteiger partial charge in [-0.15, -0.1) is 24.5 Å². The molecule has 0 unspecified atom stereocenters. The van der Waals surface area contributed by atoms with Gasteiger partial charge < -0.3 is 10.5 Å². The zero-order chi connectivity index (χ0) is 21.7. The van der Waals surface area contributed by atoms with Crippen LogP contribution in [0.15, 0.2) is 58.0 Å². The van der Waals surface area contributed by atoms with Gasteiger partial charge in [0.05, 0.1) is 12.2 Å². The molecular weight excluding hydrogens is 439 g/mol. The smallest absolute Gasteiger partial charge is 0.406 e.